The van der Waals surface area contributed by atoms with Crippen LogP contribution in [-0.4, -0.2) is 50.5 Å². The third-order valence-electron chi connectivity index (χ3n) is 6.49. The molecule has 3 aromatic rings. The van der Waals surface area contributed by atoms with E-state index in [1.807, 2.05) is 12.1 Å². The summed E-state index contributed by atoms with van der Waals surface area (Å²) in [5.41, 5.74) is 3.59. The van der Waals surface area contributed by atoms with Gasteiger partial charge in [-0.05, 0) is 49.6 Å². The summed E-state index contributed by atoms with van der Waals surface area (Å²) in [5, 5.41) is 11.7. The molecule has 1 fully saturated rings. The molecule has 5 rings (SSSR count). The van der Waals surface area contributed by atoms with Crippen LogP contribution < -0.4 is 14.5 Å². The van der Waals surface area contributed by atoms with Crippen molar-refractivity contribution in [3.63, 3.8) is 0 Å². The molecule has 0 amide bonds. The molecule has 0 spiro atoms. The number of aliphatic hydroxyl groups is 1. The van der Waals surface area contributed by atoms with Gasteiger partial charge in [-0.25, -0.2) is 0 Å². The Morgan fingerprint density at radius 3 is 2.67 bits per heavy atom. The lowest BCUT2D eigenvalue weighted by atomic mass is 9.96. The number of aliphatic hydroxyl groups excluding tert-OH is 1. The number of quaternary nitrogens is 1. The molecule has 5 heteroatoms. The van der Waals surface area contributed by atoms with E-state index in [9.17, 15) is 5.11 Å². The predicted octanol–water partition coefficient (Wildman–Crippen LogP) is 2.46. The zero-order valence-corrected chi connectivity index (χ0v) is 17.5. The molecule has 1 aliphatic heterocycles. The Kier molecular flexibility index (Phi) is 5.65. The van der Waals surface area contributed by atoms with E-state index in [1.165, 1.54) is 34.4 Å². The first kappa shape index (κ1) is 19.5. The number of anilines is 1. The van der Waals surface area contributed by atoms with Crippen molar-refractivity contribution in [1.29, 1.82) is 0 Å². The Labute approximate surface area is 177 Å². The summed E-state index contributed by atoms with van der Waals surface area (Å²) in [7, 11) is 0. The fourth-order valence-electron chi connectivity index (χ4n) is 4.84. The lowest BCUT2D eigenvalue weighted by molar-refractivity contribution is -0.903. The van der Waals surface area contributed by atoms with Crippen LogP contribution in [0.3, 0.4) is 0 Å². The molecule has 30 heavy (non-hydrogen) atoms. The van der Waals surface area contributed by atoms with E-state index < -0.39 is 6.10 Å². The second kappa shape index (κ2) is 8.70. The number of nitrogens with zero attached hydrogens (tertiary/aromatic N) is 1. The van der Waals surface area contributed by atoms with E-state index in [1.54, 1.807) is 0 Å². The Morgan fingerprint density at radius 2 is 1.83 bits per heavy atom. The molecular weight excluding hydrogens is 376 g/mol. The van der Waals surface area contributed by atoms with Gasteiger partial charge in [0.15, 0.2) is 0 Å². The van der Waals surface area contributed by atoms with Gasteiger partial charge in [0.2, 0.25) is 0 Å². The summed E-state index contributed by atoms with van der Waals surface area (Å²) in [6.45, 7) is 5.19. The van der Waals surface area contributed by atoms with Gasteiger partial charge in [0.1, 0.15) is 36.3 Å². The summed E-state index contributed by atoms with van der Waals surface area (Å²) in [5.74, 6) is 1.96. The number of aryl methyl sites for hydroxylation is 2. The van der Waals surface area contributed by atoms with Gasteiger partial charge < -0.3 is 24.1 Å². The number of hydrogen-bond donors (Lipinski definition) is 2. The maximum atomic E-state index is 10.5. The SMILES string of the molecule is OC(COc1ccc2oc3c(c2c1)CCCC3)C[NH+]1CCN(c2ccccc2)CC1. The van der Waals surface area contributed by atoms with Gasteiger partial charge in [0.25, 0.3) is 0 Å². The average molecular weight is 408 g/mol. The van der Waals surface area contributed by atoms with E-state index in [4.69, 9.17) is 9.15 Å². The van der Waals surface area contributed by atoms with Crippen molar-refractivity contribution in [3.8, 4) is 5.75 Å². The maximum absolute atomic E-state index is 10.5. The number of nitrogens with one attached hydrogen (secondary N) is 1. The molecule has 2 aliphatic rings. The Morgan fingerprint density at radius 1 is 1.03 bits per heavy atom. The van der Waals surface area contributed by atoms with Crippen LogP contribution in [0.1, 0.15) is 24.2 Å². The number of furan rings is 1. The molecule has 1 aromatic heterocycles. The largest absolute Gasteiger partial charge is 0.491 e. The molecule has 1 atom stereocenters. The highest BCUT2D eigenvalue weighted by atomic mass is 16.5. The van der Waals surface area contributed by atoms with Gasteiger partial charge >= 0.3 is 0 Å². The molecule has 1 aliphatic carbocycles. The van der Waals surface area contributed by atoms with E-state index >= 15 is 0 Å². The van der Waals surface area contributed by atoms with Crippen LogP contribution >= 0.6 is 0 Å². The minimum atomic E-state index is -0.461. The molecule has 0 bridgehead atoms. The molecule has 2 aromatic carbocycles. The highest BCUT2D eigenvalue weighted by Gasteiger charge is 2.23. The molecule has 2 heterocycles. The third kappa shape index (κ3) is 4.18. The maximum Gasteiger partial charge on any atom is 0.137 e. The fraction of sp³-hybridized carbons (Fsp3) is 0.440. The average Bonchev–Trinajstić information content (AvgIpc) is 3.17. The minimum Gasteiger partial charge on any atom is -0.491 e. The van der Waals surface area contributed by atoms with Gasteiger partial charge in [-0.3, -0.25) is 0 Å². The molecule has 158 valence electrons. The second-order valence-corrected chi connectivity index (χ2v) is 8.61. The number of piperazine rings is 1. The van der Waals surface area contributed by atoms with Crippen LogP contribution in [0.25, 0.3) is 11.0 Å². The summed E-state index contributed by atoms with van der Waals surface area (Å²) >= 11 is 0. The van der Waals surface area contributed by atoms with E-state index in [2.05, 4.69) is 41.3 Å². The van der Waals surface area contributed by atoms with Gasteiger partial charge in [-0.2, -0.15) is 0 Å². The van der Waals surface area contributed by atoms with Gasteiger partial charge in [0, 0.05) is 23.1 Å². The quantitative estimate of drug-likeness (QED) is 0.659. The number of hydrogen-bond acceptors (Lipinski definition) is 4. The van der Waals surface area contributed by atoms with Crippen LogP contribution in [-0.2, 0) is 12.8 Å². The number of rotatable bonds is 6. The Bertz CT molecular complexity index is 977. The highest BCUT2D eigenvalue weighted by Crippen LogP contribution is 2.33. The number of para-hydroxylation sites is 1. The van der Waals surface area contributed by atoms with Crippen LogP contribution in [0.5, 0.6) is 5.75 Å². The van der Waals surface area contributed by atoms with Gasteiger partial charge in [-0.1, -0.05) is 18.2 Å². The summed E-state index contributed by atoms with van der Waals surface area (Å²) in [4.78, 5) is 3.87. The Hall–Kier alpha value is -2.50. The lowest BCUT2D eigenvalue weighted by Crippen LogP contribution is -3.16. The van der Waals surface area contributed by atoms with E-state index in [0.717, 1.165) is 62.7 Å². The minimum absolute atomic E-state index is 0.331. The Balaban J connectivity index is 1.13. The van der Waals surface area contributed by atoms with Crippen molar-refractivity contribution in [2.24, 2.45) is 0 Å². The summed E-state index contributed by atoms with van der Waals surface area (Å²) in [6, 6.07) is 16.6. The molecule has 0 saturated carbocycles. The third-order valence-corrected chi connectivity index (χ3v) is 6.49. The first-order valence-corrected chi connectivity index (χ1v) is 11.2. The van der Waals surface area contributed by atoms with Crippen molar-refractivity contribution in [1.82, 2.24) is 0 Å². The molecule has 1 saturated heterocycles. The monoisotopic (exact) mass is 407 g/mol. The molecular formula is C25H31N2O3+. The molecule has 5 nitrogen and oxygen atoms in total. The van der Waals surface area contributed by atoms with Gasteiger partial charge in [-0.15, -0.1) is 0 Å². The van der Waals surface area contributed by atoms with Gasteiger partial charge in [0.05, 0.1) is 26.2 Å². The topological polar surface area (TPSA) is 50.3 Å². The molecule has 2 N–H and O–H groups in total. The van der Waals surface area contributed by atoms with Crippen LogP contribution in [0, 0.1) is 0 Å². The zero-order valence-electron chi connectivity index (χ0n) is 17.5. The molecule has 1 unspecified atom stereocenters. The predicted molar refractivity (Wildman–Crippen MR) is 119 cm³/mol. The van der Waals surface area contributed by atoms with Crippen molar-refractivity contribution in [2.75, 3.05) is 44.2 Å². The summed E-state index contributed by atoms with van der Waals surface area (Å²) in [6.07, 6.45) is 4.11. The lowest BCUT2D eigenvalue weighted by Gasteiger charge is -2.34. The van der Waals surface area contributed by atoms with Crippen molar-refractivity contribution in [3.05, 3.63) is 59.9 Å². The highest BCUT2D eigenvalue weighted by molar-refractivity contribution is 5.84. The summed E-state index contributed by atoms with van der Waals surface area (Å²) < 4.78 is 12.0. The molecule has 0 radical (unpaired) electrons. The smallest absolute Gasteiger partial charge is 0.137 e. The van der Waals surface area contributed by atoms with E-state index in [0.29, 0.717) is 6.61 Å². The number of ether oxygens (including phenoxy) is 1. The first-order valence-electron chi connectivity index (χ1n) is 11.2. The van der Waals surface area contributed by atoms with Crippen molar-refractivity contribution in [2.45, 2.75) is 31.8 Å². The second-order valence-electron chi connectivity index (χ2n) is 8.61. The van der Waals surface area contributed by atoms with Crippen molar-refractivity contribution < 1.29 is 19.2 Å². The van der Waals surface area contributed by atoms with Crippen LogP contribution in [0.4, 0.5) is 5.69 Å². The number of benzene rings is 2. The van der Waals surface area contributed by atoms with Crippen LogP contribution in [0.2, 0.25) is 0 Å². The zero-order chi connectivity index (χ0) is 20.3. The van der Waals surface area contributed by atoms with Crippen molar-refractivity contribution >= 4 is 16.7 Å². The first-order chi connectivity index (χ1) is 14.8. The fourth-order valence-corrected chi connectivity index (χ4v) is 4.84. The van der Waals surface area contributed by atoms with E-state index in [-0.39, 0.29) is 0 Å². The van der Waals surface area contributed by atoms with Crippen LogP contribution in [0.15, 0.2) is 52.9 Å². The number of fused-ring (bicyclic) bond motifs is 3. The standard InChI is InChI=1S/C25H30N2O3/c28-20(17-26-12-14-27(15-13-26)19-6-2-1-3-7-19)18-29-21-10-11-25-23(16-21)22-8-4-5-9-24(22)30-25/h1-3,6-7,10-11,16,20,28H,4-5,8-9,12-15,17-18H2/p+1. The normalized spacial score (nSPS) is 18.4.